The van der Waals surface area contributed by atoms with Crippen molar-refractivity contribution in [2.45, 2.75) is 32.6 Å². The standard InChI is InChI=1S/C16H17BrO2/c1-2-3-5-10-15-13(11-14(17)16(18)19-15)12-8-6-4-7-9-12/h4,6-9,11H,2-3,5,10H2,1H3. The van der Waals surface area contributed by atoms with E-state index >= 15 is 0 Å². The predicted molar refractivity (Wildman–Crippen MR) is 81.3 cm³/mol. The summed E-state index contributed by atoms with van der Waals surface area (Å²) in [6, 6.07) is 11.9. The van der Waals surface area contributed by atoms with Crippen molar-refractivity contribution in [2.75, 3.05) is 0 Å². The van der Waals surface area contributed by atoms with Crippen LogP contribution in [0.4, 0.5) is 0 Å². The van der Waals surface area contributed by atoms with E-state index in [-0.39, 0.29) is 5.63 Å². The van der Waals surface area contributed by atoms with Crippen molar-refractivity contribution in [1.29, 1.82) is 0 Å². The van der Waals surface area contributed by atoms with E-state index in [0.29, 0.717) is 4.47 Å². The number of unbranched alkanes of at least 4 members (excludes halogenated alkanes) is 2. The lowest BCUT2D eigenvalue weighted by atomic mass is 10.0. The normalized spacial score (nSPS) is 10.6. The zero-order valence-electron chi connectivity index (χ0n) is 11.0. The van der Waals surface area contributed by atoms with Crippen molar-refractivity contribution in [3.8, 4) is 11.1 Å². The van der Waals surface area contributed by atoms with Gasteiger partial charge in [0.1, 0.15) is 10.2 Å². The van der Waals surface area contributed by atoms with Crippen LogP contribution in [-0.4, -0.2) is 0 Å². The van der Waals surface area contributed by atoms with Gasteiger partial charge in [-0.1, -0.05) is 50.1 Å². The minimum absolute atomic E-state index is 0.300. The molecule has 0 atom stereocenters. The van der Waals surface area contributed by atoms with Gasteiger partial charge in [-0.3, -0.25) is 0 Å². The van der Waals surface area contributed by atoms with Gasteiger partial charge in [0, 0.05) is 12.0 Å². The molecule has 0 amide bonds. The molecule has 0 spiro atoms. The highest BCUT2D eigenvalue weighted by atomic mass is 79.9. The van der Waals surface area contributed by atoms with Crippen LogP contribution >= 0.6 is 15.9 Å². The lowest BCUT2D eigenvalue weighted by Gasteiger charge is -2.08. The van der Waals surface area contributed by atoms with Crippen LogP contribution in [-0.2, 0) is 6.42 Å². The maximum absolute atomic E-state index is 11.6. The Morgan fingerprint density at radius 2 is 1.89 bits per heavy atom. The van der Waals surface area contributed by atoms with Gasteiger partial charge in [-0.05, 0) is 34.0 Å². The highest BCUT2D eigenvalue weighted by Gasteiger charge is 2.11. The Morgan fingerprint density at radius 1 is 1.16 bits per heavy atom. The first-order chi connectivity index (χ1) is 9.22. The molecular formula is C16H17BrO2. The Kier molecular flexibility index (Phi) is 4.97. The minimum Gasteiger partial charge on any atom is -0.426 e. The van der Waals surface area contributed by atoms with Gasteiger partial charge in [-0.25, -0.2) is 4.79 Å². The summed E-state index contributed by atoms with van der Waals surface area (Å²) in [4.78, 5) is 11.6. The van der Waals surface area contributed by atoms with Crippen LogP contribution in [0.1, 0.15) is 31.9 Å². The van der Waals surface area contributed by atoms with E-state index < -0.39 is 0 Å². The highest BCUT2D eigenvalue weighted by molar-refractivity contribution is 9.10. The Bertz CT molecular complexity index is 587. The first-order valence-electron chi connectivity index (χ1n) is 6.60. The molecule has 2 aromatic rings. The second-order valence-corrected chi connectivity index (χ2v) is 5.40. The molecular weight excluding hydrogens is 304 g/mol. The fraction of sp³-hybridized carbons (Fsp3) is 0.312. The first kappa shape index (κ1) is 14.1. The Hall–Kier alpha value is -1.35. The van der Waals surface area contributed by atoms with Crippen molar-refractivity contribution < 1.29 is 4.42 Å². The summed E-state index contributed by atoms with van der Waals surface area (Å²) >= 11 is 3.25. The second-order valence-electron chi connectivity index (χ2n) is 4.54. The summed E-state index contributed by atoms with van der Waals surface area (Å²) in [6.07, 6.45) is 4.15. The average Bonchev–Trinajstić information content (AvgIpc) is 2.43. The summed E-state index contributed by atoms with van der Waals surface area (Å²) in [6.45, 7) is 2.16. The number of rotatable bonds is 5. The summed E-state index contributed by atoms with van der Waals surface area (Å²) < 4.78 is 5.92. The van der Waals surface area contributed by atoms with Gasteiger partial charge in [0.15, 0.2) is 0 Å². The second kappa shape index (κ2) is 6.71. The summed E-state index contributed by atoms with van der Waals surface area (Å²) in [5, 5.41) is 0. The van der Waals surface area contributed by atoms with E-state index in [1.807, 2.05) is 36.4 Å². The molecule has 0 saturated carbocycles. The number of hydrogen-bond donors (Lipinski definition) is 0. The zero-order valence-corrected chi connectivity index (χ0v) is 12.6. The number of benzene rings is 1. The topological polar surface area (TPSA) is 30.2 Å². The fourth-order valence-corrected chi connectivity index (χ4v) is 2.37. The van der Waals surface area contributed by atoms with Crippen LogP contribution in [0.15, 0.2) is 50.1 Å². The molecule has 100 valence electrons. The van der Waals surface area contributed by atoms with Crippen LogP contribution in [0.3, 0.4) is 0 Å². The molecule has 0 N–H and O–H groups in total. The van der Waals surface area contributed by atoms with Crippen LogP contribution in [0.2, 0.25) is 0 Å². The van der Waals surface area contributed by atoms with Crippen LogP contribution in [0.5, 0.6) is 0 Å². The Balaban J connectivity index is 2.40. The zero-order chi connectivity index (χ0) is 13.7. The molecule has 0 radical (unpaired) electrons. The number of hydrogen-bond acceptors (Lipinski definition) is 2. The fourth-order valence-electron chi connectivity index (χ4n) is 2.07. The molecule has 0 unspecified atom stereocenters. The molecule has 0 fully saturated rings. The van der Waals surface area contributed by atoms with E-state index in [1.54, 1.807) is 0 Å². The van der Waals surface area contributed by atoms with Crippen molar-refractivity contribution in [1.82, 2.24) is 0 Å². The van der Waals surface area contributed by atoms with E-state index in [0.717, 1.165) is 42.6 Å². The van der Waals surface area contributed by atoms with Gasteiger partial charge < -0.3 is 4.42 Å². The molecule has 1 aromatic heterocycles. The maximum Gasteiger partial charge on any atom is 0.350 e. The van der Waals surface area contributed by atoms with E-state index in [1.165, 1.54) is 0 Å². The summed E-state index contributed by atoms with van der Waals surface area (Å²) in [5.41, 5.74) is 1.79. The molecule has 0 saturated heterocycles. The third-order valence-electron chi connectivity index (χ3n) is 3.07. The molecule has 0 bridgehead atoms. The monoisotopic (exact) mass is 320 g/mol. The molecule has 0 aliphatic carbocycles. The lowest BCUT2D eigenvalue weighted by Crippen LogP contribution is -2.04. The van der Waals surface area contributed by atoms with Crippen molar-refractivity contribution >= 4 is 15.9 Å². The van der Waals surface area contributed by atoms with Crippen molar-refractivity contribution in [2.24, 2.45) is 0 Å². The number of aryl methyl sites for hydroxylation is 1. The van der Waals surface area contributed by atoms with Crippen molar-refractivity contribution in [3.63, 3.8) is 0 Å². The quantitative estimate of drug-likeness (QED) is 0.740. The Labute approximate surface area is 121 Å². The summed E-state index contributed by atoms with van der Waals surface area (Å²) in [7, 11) is 0. The van der Waals surface area contributed by atoms with Gasteiger partial charge in [-0.15, -0.1) is 0 Å². The molecule has 1 heterocycles. The molecule has 2 rings (SSSR count). The van der Waals surface area contributed by atoms with Gasteiger partial charge >= 0.3 is 5.63 Å². The maximum atomic E-state index is 11.6. The average molecular weight is 321 g/mol. The van der Waals surface area contributed by atoms with E-state index in [9.17, 15) is 4.79 Å². The number of halogens is 1. The van der Waals surface area contributed by atoms with Crippen LogP contribution < -0.4 is 5.63 Å². The largest absolute Gasteiger partial charge is 0.426 e. The smallest absolute Gasteiger partial charge is 0.350 e. The molecule has 1 aromatic carbocycles. The SMILES string of the molecule is CCCCCc1oc(=O)c(Br)cc1-c1ccccc1. The van der Waals surface area contributed by atoms with Gasteiger partial charge in [-0.2, -0.15) is 0 Å². The van der Waals surface area contributed by atoms with E-state index in [4.69, 9.17) is 4.42 Å². The minimum atomic E-state index is -0.300. The van der Waals surface area contributed by atoms with Gasteiger partial charge in [0.05, 0.1) is 0 Å². The molecule has 0 aliphatic heterocycles. The Morgan fingerprint density at radius 3 is 2.58 bits per heavy atom. The third kappa shape index (κ3) is 3.57. The highest BCUT2D eigenvalue weighted by Crippen LogP contribution is 2.26. The predicted octanol–water partition coefficient (Wildman–Crippen LogP) is 4.80. The van der Waals surface area contributed by atoms with Gasteiger partial charge in [0.25, 0.3) is 0 Å². The van der Waals surface area contributed by atoms with Crippen LogP contribution in [0, 0.1) is 0 Å². The first-order valence-corrected chi connectivity index (χ1v) is 7.39. The molecule has 0 aliphatic rings. The van der Waals surface area contributed by atoms with E-state index in [2.05, 4.69) is 22.9 Å². The lowest BCUT2D eigenvalue weighted by molar-refractivity contribution is 0.450. The third-order valence-corrected chi connectivity index (χ3v) is 3.63. The van der Waals surface area contributed by atoms with Crippen molar-refractivity contribution in [3.05, 3.63) is 57.1 Å². The molecule has 2 nitrogen and oxygen atoms in total. The molecule has 19 heavy (non-hydrogen) atoms. The summed E-state index contributed by atoms with van der Waals surface area (Å²) in [5.74, 6) is 0.785. The van der Waals surface area contributed by atoms with Gasteiger partial charge in [0.2, 0.25) is 0 Å². The molecule has 3 heteroatoms. The van der Waals surface area contributed by atoms with Crippen LogP contribution in [0.25, 0.3) is 11.1 Å².